The summed E-state index contributed by atoms with van der Waals surface area (Å²) in [6.07, 6.45) is 0. The van der Waals surface area contributed by atoms with E-state index in [2.05, 4.69) is 0 Å². The zero-order chi connectivity index (χ0) is 16.4. The number of hydrogen-bond acceptors (Lipinski definition) is 2. The van der Waals surface area contributed by atoms with E-state index in [1.54, 1.807) is 0 Å². The van der Waals surface area contributed by atoms with Crippen LogP contribution >= 0.6 is 11.6 Å². The number of halogens is 4. The summed E-state index contributed by atoms with van der Waals surface area (Å²) in [5.41, 5.74) is -0.0591. The van der Waals surface area contributed by atoms with Crippen molar-refractivity contribution in [2.24, 2.45) is 0 Å². The molecule has 0 saturated carbocycles. The third kappa shape index (κ3) is 2.90. The summed E-state index contributed by atoms with van der Waals surface area (Å²) in [5.74, 6) is -5.40. The van der Waals surface area contributed by atoms with E-state index in [0.717, 1.165) is 4.90 Å². The second-order valence-corrected chi connectivity index (χ2v) is 4.83. The first kappa shape index (κ1) is 15.9. The van der Waals surface area contributed by atoms with E-state index in [-0.39, 0.29) is 21.8 Å². The maximum Gasteiger partial charge on any atom is 0.258 e. The van der Waals surface area contributed by atoms with Crippen molar-refractivity contribution in [1.82, 2.24) is 0 Å². The van der Waals surface area contributed by atoms with Crippen molar-refractivity contribution in [1.29, 1.82) is 5.26 Å². The van der Waals surface area contributed by atoms with E-state index >= 15 is 0 Å². The molecule has 112 valence electrons. The number of carbonyl (C=O) groups excluding carboxylic acids is 1. The highest BCUT2D eigenvalue weighted by atomic mass is 35.5. The summed E-state index contributed by atoms with van der Waals surface area (Å²) in [5, 5.41) is 9.32. The summed E-state index contributed by atoms with van der Waals surface area (Å²) in [6, 6.07) is 7.31. The number of nitriles is 1. The third-order valence-electron chi connectivity index (χ3n) is 2.98. The van der Waals surface area contributed by atoms with Crippen LogP contribution in [0.1, 0.15) is 15.9 Å². The first-order valence-corrected chi connectivity index (χ1v) is 6.35. The normalized spacial score (nSPS) is 10.2. The molecule has 0 atom stereocenters. The van der Waals surface area contributed by atoms with Crippen LogP contribution < -0.4 is 4.90 Å². The van der Waals surface area contributed by atoms with Gasteiger partial charge in [0, 0.05) is 17.6 Å². The molecule has 22 heavy (non-hydrogen) atoms. The Morgan fingerprint density at radius 2 is 1.77 bits per heavy atom. The smallest absolute Gasteiger partial charge is 0.258 e. The van der Waals surface area contributed by atoms with Crippen molar-refractivity contribution in [3.63, 3.8) is 0 Å². The average molecular weight is 325 g/mol. The fourth-order valence-corrected chi connectivity index (χ4v) is 2.03. The van der Waals surface area contributed by atoms with Crippen molar-refractivity contribution in [3.8, 4) is 6.07 Å². The molecule has 2 aromatic rings. The minimum atomic E-state index is -1.65. The third-order valence-corrected chi connectivity index (χ3v) is 3.21. The van der Waals surface area contributed by atoms with E-state index in [0.29, 0.717) is 12.1 Å². The summed E-state index contributed by atoms with van der Waals surface area (Å²) in [7, 11) is 1.31. The number of benzene rings is 2. The number of anilines is 1. The van der Waals surface area contributed by atoms with E-state index in [1.807, 2.05) is 6.07 Å². The molecule has 3 nitrogen and oxygen atoms in total. The molecule has 0 aliphatic rings. The second-order valence-electron chi connectivity index (χ2n) is 4.39. The van der Waals surface area contributed by atoms with Crippen LogP contribution in [0.15, 0.2) is 30.3 Å². The molecule has 0 spiro atoms. The molecule has 0 bridgehead atoms. The van der Waals surface area contributed by atoms with Gasteiger partial charge in [0.2, 0.25) is 0 Å². The Morgan fingerprint density at radius 3 is 2.32 bits per heavy atom. The monoisotopic (exact) mass is 324 g/mol. The van der Waals surface area contributed by atoms with E-state index in [4.69, 9.17) is 16.9 Å². The molecule has 0 unspecified atom stereocenters. The van der Waals surface area contributed by atoms with Gasteiger partial charge in [-0.3, -0.25) is 4.79 Å². The predicted octanol–water partition coefficient (Wildman–Crippen LogP) is 3.91. The van der Waals surface area contributed by atoms with E-state index < -0.39 is 23.4 Å². The number of hydrogen-bond donors (Lipinski definition) is 0. The molecular weight excluding hydrogens is 317 g/mol. The Labute approximate surface area is 129 Å². The van der Waals surface area contributed by atoms with Gasteiger partial charge in [-0.05, 0) is 30.3 Å². The van der Waals surface area contributed by atoms with Gasteiger partial charge < -0.3 is 4.90 Å². The highest BCUT2D eigenvalue weighted by Crippen LogP contribution is 2.25. The lowest BCUT2D eigenvalue weighted by Crippen LogP contribution is -2.27. The Bertz CT molecular complexity index is 779. The largest absolute Gasteiger partial charge is 0.310 e. The summed E-state index contributed by atoms with van der Waals surface area (Å²) >= 11 is 5.82. The van der Waals surface area contributed by atoms with Crippen LogP contribution in [0, 0.1) is 28.8 Å². The fourth-order valence-electron chi connectivity index (χ4n) is 1.86. The first-order valence-electron chi connectivity index (χ1n) is 5.97. The van der Waals surface area contributed by atoms with Gasteiger partial charge in [0.05, 0.1) is 11.3 Å². The topological polar surface area (TPSA) is 44.1 Å². The van der Waals surface area contributed by atoms with Crippen LogP contribution in [0.3, 0.4) is 0 Å². The fraction of sp³-hybridized carbons (Fsp3) is 0.0667. The SMILES string of the molecule is CN(C(=O)c1cc(F)c(F)c(F)c1)c1cc(Cl)ccc1C#N. The highest BCUT2D eigenvalue weighted by Gasteiger charge is 2.20. The van der Waals surface area contributed by atoms with Crippen molar-refractivity contribution < 1.29 is 18.0 Å². The summed E-state index contributed by atoms with van der Waals surface area (Å²) in [6.45, 7) is 0. The molecule has 0 aliphatic carbocycles. The van der Waals surface area contributed by atoms with Gasteiger partial charge in [-0.15, -0.1) is 0 Å². The Kier molecular flexibility index (Phi) is 4.38. The average Bonchev–Trinajstić information content (AvgIpc) is 2.50. The van der Waals surface area contributed by atoms with E-state index in [1.165, 1.54) is 25.2 Å². The summed E-state index contributed by atoms with van der Waals surface area (Å²) in [4.78, 5) is 13.3. The standard InChI is InChI=1S/C15H8ClF3N2O/c1-21(13-6-10(16)3-2-8(13)7-20)15(22)9-4-11(17)14(19)12(18)5-9/h2-6H,1H3. The second kappa shape index (κ2) is 6.08. The van der Waals surface area contributed by atoms with Crippen molar-refractivity contribution in [2.75, 3.05) is 11.9 Å². The van der Waals surface area contributed by atoms with E-state index in [9.17, 15) is 18.0 Å². The molecule has 0 heterocycles. The Hall–Kier alpha value is -2.52. The zero-order valence-electron chi connectivity index (χ0n) is 11.2. The van der Waals surface area contributed by atoms with Crippen LogP contribution in [0.25, 0.3) is 0 Å². The molecule has 0 N–H and O–H groups in total. The highest BCUT2D eigenvalue weighted by molar-refractivity contribution is 6.31. The summed E-state index contributed by atoms with van der Waals surface area (Å²) < 4.78 is 39.4. The lowest BCUT2D eigenvalue weighted by molar-refractivity contribution is 0.0992. The molecule has 7 heteroatoms. The first-order chi connectivity index (χ1) is 10.3. The molecule has 0 aliphatic heterocycles. The quantitative estimate of drug-likeness (QED) is 0.786. The molecule has 0 saturated heterocycles. The van der Waals surface area contributed by atoms with Crippen molar-refractivity contribution >= 4 is 23.2 Å². The lowest BCUT2D eigenvalue weighted by atomic mass is 10.1. The zero-order valence-corrected chi connectivity index (χ0v) is 12.0. The van der Waals surface area contributed by atoms with Crippen molar-refractivity contribution in [2.45, 2.75) is 0 Å². The minimum absolute atomic E-state index is 0.156. The maximum absolute atomic E-state index is 13.2. The van der Waals surface area contributed by atoms with Gasteiger partial charge in [0.15, 0.2) is 17.5 Å². The maximum atomic E-state index is 13.2. The van der Waals surface area contributed by atoms with Gasteiger partial charge in [-0.25, -0.2) is 13.2 Å². The van der Waals surface area contributed by atoms with Gasteiger partial charge in [0.25, 0.3) is 5.91 Å². The molecular formula is C15H8ClF3N2O. The number of nitrogens with zero attached hydrogens (tertiary/aromatic N) is 2. The van der Waals surface area contributed by atoms with Crippen LogP contribution in [-0.2, 0) is 0 Å². The molecule has 1 amide bonds. The van der Waals surface area contributed by atoms with Crippen molar-refractivity contribution in [3.05, 3.63) is 63.9 Å². The lowest BCUT2D eigenvalue weighted by Gasteiger charge is -2.19. The Balaban J connectivity index is 2.46. The number of carbonyl (C=O) groups is 1. The van der Waals surface area contributed by atoms with Gasteiger partial charge in [-0.1, -0.05) is 11.6 Å². The van der Waals surface area contributed by atoms with Crippen LogP contribution in [0.4, 0.5) is 18.9 Å². The number of amides is 1. The van der Waals surface area contributed by atoms with Gasteiger partial charge in [0.1, 0.15) is 6.07 Å². The van der Waals surface area contributed by atoms with Crippen LogP contribution in [0.2, 0.25) is 5.02 Å². The molecule has 2 rings (SSSR count). The minimum Gasteiger partial charge on any atom is -0.310 e. The number of rotatable bonds is 2. The van der Waals surface area contributed by atoms with Crippen LogP contribution in [-0.4, -0.2) is 13.0 Å². The molecule has 2 aromatic carbocycles. The molecule has 0 fully saturated rings. The van der Waals surface area contributed by atoms with Gasteiger partial charge >= 0.3 is 0 Å². The Morgan fingerprint density at radius 1 is 1.18 bits per heavy atom. The molecule has 0 radical (unpaired) electrons. The molecule has 0 aromatic heterocycles. The predicted molar refractivity (Wildman–Crippen MR) is 75.2 cm³/mol. The van der Waals surface area contributed by atoms with Crippen LogP contribution in [0.5, 0.6) is 0 Å². The van der Waals surface area contributed by atoms with Gasteiger partial charge in [-0.2, -0.15) is 5.26 Å².